The van der Waals surface area contributed by atoms with Gasteiger partial charge in [0.15, 0.2) is 0 Å². The number of allylic oxidation sites excluding steroid dienone is 1. The second-order valence-corrected chi connectivity index (χ2v) is 15.5. The van der Waals surface area contributed by atoms with Crippen molar-refractivity contribution in [2.75, 3.05) is 0 Å². The second kappa shape index (κ2) is 11.5. The van der Waals surface area contributed by atoms with Crippen LogP contribution in [-0.4, -0.2) is 5.71 Å². The summed E-state index contributed by atoms with van der Waals surface area (Å²) < 4.78 is 0. The van der Waals surface area contributed by atoms with E-state index in [1.807, 2.05) is 0 Å². The maximum Gasteiger partial charge on any atom is 0.145 e. The number of aliphatic imine (C=N–C) groups is 1. The molecule has 0 saturated heterocycles. The smallest absolute Gasteiger partial charge is 0.145 e. The molecule has 2 heteroatoms. The fourth-order valence-corrected chi connectivity index (χ4v) is 9.67. The average Bonchev–Trinajstić information content (AvgIpc) is 3.58. The topological polar surface area (TPSA) is 24.4 Å². The van der Waals surface area contributed by atoms with Gasteiger partial charge in [0.25, 0.3) is 0 Å². The van der Waals surface area contributed by atoms with Gasteiger partial charge in [-0.25, -0.2) is 0 Å². The summed E-state index contributed by atoms with van der Waals surface area (Å²) in [7, 11) is 0. The molecule has 1 fully saturated rings. The van der Waals surface area contributed by atoms with E-state index in [-0.39, 0.29) is 17.0 Å². The van der Waals surface area contributed by atoms with E-state index in [9.17, 15) is 0 Å². The molecular weight excluding hydrogens is 617 g/mol. The third-order valence-electron chi connectivity index (χ3n) is 12.3. The Morgan fingerprint density at radius 3 is 1.90 bits per heavy atom. The molecule has 10 rings (SSSR count). The minimum absolute atomic E-state index is 0.0310. The van der Waals surface area contributed by atoms with Crippen LogP contribution in [0.15, 0.2) is 151 Å². The largest absolute Gasteiger partial charge is 0.360 e. The highest BCUT2D eigenvalue weighted by molar-refractivity contribution is 6.14. The van der Waals surface area contributed by atoms with Crippen molar-refractivity contribution < 1.29 is 0 Å². The van der Waals surface area contributed by atoms with E-state index in [1.165, 1.54) is 87.7 Å². The van der Waals surface area contributed by atoms with Crippen LogP contribution in [0.4, 0.5) is 0 Å². The van der Waals surface area contributed by atoms with Gasteiger partial charge in [-0.05, 0) is 104 Å². The maximum atomic E-state index is 5.39. The Bertz CT molecular complexity index is 2370. The molecule has 4 aliphatic rings. The van der Waals surface area contributed by atoms with Gasteiger partial charge in [-0.1, -0.05) is 154 Å². The monoisotopic (exact) mass is 658 g/mol. The van der Waals surface area contributed by atoms with Crippen LogP contribution in [0.2, 0.25) is 0 Å². The molecule has 1 saturated carbocycles. The summed E-state index contributed by atoms with van der Waals surface area (Å²) >= 11 is 0. The van der Waals surface area contributed by atoms with E-state index in [0.717, 1.165) is 22.5 Å². The van der Waals surface area contributed by atoms with E-state index >= 15 is 0 Å². The van der Waals surface area contributed by atoms with E-state index in [0.29, 0.717) is 0 Å². The minimum Gasteiger partial charge on any atom is -0.360 e. The molecule has 1 heterocycles. The molecule has 1 atom stereocenters. The molecule has 2 nitrogen and oxygen atoms in total. The number of nitrogens with one attached hydrogen (secondary N) is 1. The Morgan fingerprint density at radius 1 is 0.510 bits per heavy atom. The molecular formula is C49H42N2. The molecule has 6 aromatic carbocycles. The van der Waals surface area contributed by atoms with Crippen molar-refractivity contribution in [3.05, 3.63) is 185 Å². The zero-order valence-electron chi connectivity index (χ0n) is 29.4. The predicted octanol–water partition coefficient (Wildman–Crippen LogP) is 12.0. The Labute approximate surface area is 301 Å². The van der Waals surface area contributed by atoms with Crippen molar-refractivity contribution in [2.45, 2.75) is 62.9 Å². The first-order chi connectivity index (χ1) is 25.0. The molecule has 51 heavy (non-hydrogen) atoms. The van der Waals surface area contributed by atoms with Crippen molar-refractivity contribution in [2.24, 2.45) is 4.99 Å². The van der Waals surface area contributed by atoms with Gasteiger partial charge in [-0.3, -0.25) is 4.99 Å². The summed E-state index contributed by atoms with van der Waals surface area (Å²) in [6, 6.07) is 51.7. The lowest BCUT2D eigenvalue weighted by molar-refractivity contribution is 0.353. The molecule has 1 N–H and O–H groups in total. The number of hydrogen-bond donors (Lipinski definition) is 1. The Hall–Kier alpha value is -5.47. The van der Waals surface area contributed by atoms with Crippen molar-refractivity contribution in [1.82, 2.24) is 5.32 Å². The van der Waals surface area contributed by atoms with E-state index in [1.54, 1.807) is 5.56 Å². The number of hydrogen-bond acceptors (Lipinski definition) is 2. The summed E-state index contributed by atoms with van der Waals surface area (Å²) in [5.41, 5.74) is 19.8. The molecule has 0 amide bonds. The lowest BCUT2D eigenvalue weighted by Crippen LogP contribution is -2.28. The van der Waals surface area contributed by atoms with Crippen LogP contribution < -0.4 is 5.32 Å². The Balaban J connectivity index is 1.11. The van der Waals surface area contributed by atoms with Crippen molar-refractivity contribution in [3.8, 4) is 33.4 Å². The van der Waals surface area contributed by atoms with Crippen LogP contribution in [0.5, 0.6) is 0 Å². The number of benzene rings is 6. The quantitative estimate of drug-likeness (QED) is 0.200. The molecule has 1 aliphatic heterocycles. The van der Waals surface area contributed by atoms with Crippen LogP contribution in [0, 0.1) is 0 Å². The van der Waals surface area contributed by atoms with Crippen molar-refractivity contribution in [3.63, 3.8) is 0 Å². The fourth-order valence-electron chi connectivity index (χ4n) is 9.67. The Morgan fingerprint density at radius 2 is 1.12 bits per heavy atom. The highest BCUT2D eigenvalue weighted by atomic mass is 15.1. The third-order valence-corrected chi connectivity index (χ3v) is 12.3. The molecule has 0 bridgehead atoms. The van der Waals surface area contributed by atoms with E-state index in [4.69, 9.17) is 4.99 Å². The second-order valence-electron chi connectivity index (χ2n) is 15.5. The third kappa shape index (κ3) is 4.73. The standard InChI is InChI=1S/C49H42N2/c1-48(2)41-19-11-10-18-37(41)39-30-44-40(29-43(39)48)38-28-36(24-25-42(38)49(44)26-12-5-13-27-49)46-31-45(50-47(51-46)35-16-8-4-9-17-35)34-22-20-33(21-23-34)32-14-6-3-7-15-32/h3-4,6-11,14-25,28-31,47,50H,5,12-13,26-27H2,1-2H3. The van der Waals surface area contributed by atoms with Crippen LogP contribution in [-0.2, 0) is 10.8 Å². The molecule has 248 valence electrons. The average molecular weight is 659 g/mol. The minimum atomic E-state index is -0.178. The molecule has 6 aromatic rings. The van der Waals surface area contributed by atoms with Crippen molar-refractivity contribution in [1.29, 1.82) is 0 Å². The van der Waals surface area contributed by atoms with Crippen LogP contribution >= 0.6 is 0 Å². The van der Waals surface area contributed by atoms with Crippen LogP contribution in [0.3, 0.4) is 0 Å². The van der Waals surface area contributed by atoms with Gasteiger partial charge in [0.1, 0.15) is 6.17 Å². The highest BCUT2D eigenvalue weighted by Gasteiger charge is 2.46. The maximum absolute atomic E-state index is 5.39. The Kier molecular flexibility index (Phi) is 6.87. The van der Waals surface area contributed by atoms with E-state index in [2.05, 4.69) is 165 Å². The highest BCUT2D eigenvalue weighted by Crippen LogP contribution is 2.59. The summed E-state index contributed by atoms with van der Waals surface area (Å²) in [5, 5.41) is 3.78. The summed E-state index contributed by atoms with van der Waals surface area (Å²) in [6.07, 6.45) is 8.42. The molecule has 1 unspecified atom stereocenters. The molecule has 0 aromatic heterocycles. The first kappa shape index (κ1) is 30.4. The van der Waals surface area contributed by atoms with Gasteiger partial charge in [-0.15, -0.1) is 0 Å². The van der Waals surface area contributed by atoms with Gasteiger partial charge in [0.05, 0.1) is 5.71 Å². The fraction of sp³-hybridized carbons (Fsp3) is 0.204. The zero-order chi connectivity index (χ0) is 34.2. The summed E-state index contributed by atoms with van der Waals surface area (Å²) in [5.74, 6) is 0. The summed E-state index contributed by atoms with van der Waals surface area (Å²) in [4.78, 5) is 5.39. The van der Waals surface area contributed by atoms with Gasteiger partial charge in [-0.2, -0.15) is 0 Å². The normalized spacial score (nSPS) is 18.9. The SMILES string of the molecule is CC1(C)c2ccccc2-c2cc3c(cc21)-c1cc(C2=NC(c4ccccc4)NC(c4ccc(-c5ccccc5)cc4)=C2)ccc1C31CCCCC1. The lowest BCUT2D eigenvalue weighted by atomic mass is 9.67. The van der Waals surface area contributed by atoms with Gasteiger partial charge < -0.3 is 5.32 Å². The summed E-state index contributed by atoms with van der Waals surface area (Å²) in [6.45, 7) is 4.80. The molecule has 3 aliphatic carbocycles. The number of fused-ring (bicyclic) bond motifs is 8. The van der Waals surface area contributed by atoms with Gasteiger partial charge in [0.2, 0.25) is 0 Å². The number of rotatable bonds is 4. The van der Waals surface area contributed by atoms with Gasteiger partial charge in [0, 0.05) is 22.1 Å². The van der Waals surface area contributed by atoms with Crippen molar-refractivity contribution >= 4 is 11.4 Å². The first-order valence-electron chi connectivity index (χ1n) is 18.7. The van der Waals surface area contributed by atoms with Crippen LogP contribution in [0.25, 0.3) is 39.1 Å². The number of nitrogens with zero attached hydrogens (tertiary/aromatic N) is 1. The lowest BCUT2D eigenvalue weighted by Gasteiger charge is -2.36. The zero-order valence-corrected chi connectivity index (χ0v) is 29.4. The molecule has 0 radical (unpaired) electrons. The van der Waals surface area contributed by atoms with Gasteiger partial charge >= 0.3 is 0 Å². The van der Waals surface area contributed by atoms with E-state index < -0.39 is 0 Å². The van der Waals surface area contributed by atoms with Crippen LogP contribution in [0.1, 0.15) is 91.1 Å². The first-order valence-corrected chi connectivity index (χ1v) is 18.7. The molecule has 1 spiro atoms. The predicted molar refractivity (Wildman–Crippen MR) is 212 cm³/mol.